The summed E-state index contributed by atoms with van der Waals surface area (Å²) in [7, 11) is 2.64. The van der Waals surface area contributed by atoms with Crippen LogP contribution in [0.25, 0.3) is 39.3 Å². The predicted molar refractivity (Wildman–Crippen MR) is 281 cm³/mol. The normalized spacial score (nSPS) is 23.9. The maximum atomic E-state index is 6.69. The molecule has 0 spiro atoms. The number of allylic oxidation sites excluding steroid dienone is 7. The van der Waals surface area contributed by atoms with E-state index in [1.807, 2.05) is 0 Å². The topological polar surface area (TPSA) is 32.2 Å². The number of nitrogens with zero attached hydrogens (tertiary/aromatic N) is 1. The Kier molecular flexibility index (Phi) is 8.94. The van der Waals surface area contributed by atoms with Crippen LogP contribution >= 0.6 is 0 Å². The second kappa shape index (κ2) is 14.6. The quantitative estimate of drug-likeness (QED) is 0.175. The van der Waals surface area contributed by atoms with E-state index in [1.54, 1.807) is 16.7 Å². The van der Waals surface area contributed by atoms with Crippen LogP contribution in [-0.2, 0) is 5.41 Å². The maximum Gasteiger partial charge on any atom is 0.192 e. The Morgan fingerprint density at radius 2 is 1.43 bits per heavy atom. The van der Waals surface area contributed by atoms with Gasteiger partial charge < -0.3 is 14.3 Å². The zero-order valence-corrected chi connectivity index (χ0v) is 40.1. The number of hydrogen-bond donors (Lipinski definition) is 1. The molecule has 0 saturated heterocycles. The standard InChI is InChI=1S/C63H60BN2O/c1-37-33-50-51(62(4,5)32-31-61(50,2)3)36-46(37)54-48-35-40(66(38-19-10-8-11-20-38)39-21-12-9-13-22-39)34-47(43-25-18-26-45-58(43)65-59-44-24-15-17-28-53(44)67-60(45)59)57(48)64-52-30-29-42-41-23-14-16-27-49(41)63(6,7)56(42)55(52)54/h8-24,26-30,33,35,40,43,46,54,65H,25,31-32,34,36H2,1-7H3. The third-order valence-electron chi connectivity index (χ3n) is 17.4. The second-order valence-corrected chi connectivity index (χ2v) is 22.5. The van der Waals surface area contributed by atoms with Gasteiger partial charge in [0.05, 0.1) is 11.6 Å². The molecule has 5 aliphatic carbocycles. The van der Waals surface area contributed by atoms with Crippen LogP contribution in [0.2, 0.25) is 0 Å². The molecule has 7 aromatic rings. The van der Waals surface area contributed by atoms with E-state index in [-0.39, 0.29) is 34.1 Å². The Morgan fingerprint density at radius 1 is 0.731 bits per heavy atom. The van der Waals surface area contributed by atoms with Crippen molar-refractivity contribution < 1.29 is 4.42 Å². The molecule has 13 rings (SSSR count). The highest BCUT2D eigenvalue weighted by atomic mass is 16.3. The lowest BCUT2D eigenvalue weighted by Gasteiger charge is -2.50. The van der Waals surface area contributed by atoms with Crippen molar-refractivity contribution in [2.75, 3.05) is 4.90 Å². The van der Waals surface area contributed by atoms with E-state index in [2.05, 4.69) is 211 Å². The van der Waals surface area contributed by atoms with Crippen molar-refractivity contribution in [1.82, 2.24) is 4.98 Å². The SMILES string of the molecule is CC1=CC2=C(CC1C1C3=CC(N(c4ccccc4)c4ccccc4)CC(C4CC=Cc5c4[nH]c4c5oc5ccccc54)=C3[B]c3ccc4c(c31)C(C)(C)c1ccccc1-4)C(C)(C)CCC2(C)C. The van der Waals surface area contributed by atoms with Crippen LogP contribution in [0.5, 0.6) is 0 Å². The van der Waals surface area contributed by atoms with E-state index in [1.165, 1.54) is 85.4 Å². The summed E-state index contributed by atoms with van der Waals surface area (Å²) < 4.78 is 6.69. The zero-order chi connectivity index (χ0) is 45.6. The van der Waals surface area contributed by atoms with E-state index in [0.717, 1.165) is 41.3 Å². The molecule has 0 fully saturated rings. The molecule has 0 amide bonds. The van der Waals surface area contributed by atoms with Crippen LogP contribution < -0.4 is 10.4 Å². The maximum absolute atomic E-state index is 6.69. The van der Waals surface area contributed by atoms with Crippen LogP contribution in [0.4, 0.5) is 11.4 Å². The van der Waals surface area contributed by atoms with E-state index in [9.17, 15) is 0 Å². The Balaban J connectivity index is 1.09. The van der Waals surface area contributed by atoms with Crippen molar-refractivity contribution >= 4 is 52.3 Å². The molecular formula is C63H60BN2O. The molecule has 0 bridgehead atoms. The van der Waals surface area contributed by atoms with Gasteiger partial charge in [0, 0.05) is 45.3 Å². The molecule has 3 nitrogen and oxygen atoms in total. The number of para-hydroxylation sites is 3. The van der Waals surface area contributed by atoms with Gasteiger partial charge in [0.1, 0.15) is 5.58 Å². The van der Waals surface area contributed by atoms with Crippen molar-refractivity contribution in [2.24, 2.45) is 16.7 Å². The smallest absolute Gasteiger partial charge is 0.192 e. The number of aromatic nitrogens is 1. The summed E-state index contributed by atoms with van der Waals surface area (Å²) in [6.45, 7) is 17.5. The number of aromatic amines is 1. The van der Waals surface area contributed by atoms with Gasteiger partial charge in [-0.15, -0.1) is 0 Å². The Morgan fingerprint density at radius 3 is 2.21 bits per heavy atom. The fourth-order valence-corrected chi connectivity index (χ4v) is 14.0. The van der Waals surface area contributed by atoms with Gasteiger partial charge in [-0.3, -0.25) is 0 Å². The summed E-state index contributed by atoms with van der Waals surface area (Å²) in [5.74, 6) is 0.604. The molecule has 2 aromatic heterocycles. The number of rotatable bonds is 5. The molecule has 0 saturated carbocycles. The van der Waals surface area contributed by atoms with Crippen molar-refractivity contribution in [3.8, 4) is 11.1 Å². The van der Waals surface area contributed by atoms with Gasteiger partial charge in [0.15, 0.2) is 12.9 Å². The molecule has 4 unspecified atom stereocenters. The van der Waals surface area contributed by atoms with Crippen LogP contribution in [0, 0.1) is 16.7 Å². The van der Waals surface area contributed by atoms with Gasteiger partial charge in [-0.1, -0.05) is 178 Å². The highest BCUT2D eigenvalue weighted by molar-refractivity contribution is 6.64. The van der Waals surface area contributed by atoms with Gasteiger partial charge in [-0.05, 0) is 131 Å². The largest absolute Gasteiger partial charge is 0.454 e. The van der Waals surface area contributed by atoms with Gasteiger partial charge >= 0.3 is 0 Å². The summed E-state index contributed by atoms with van der Waals surface area (Å²) in [6.07, 6.45) is 15.5. The van der Waals surface area contributed by atoms with Crippen LogP contribution in [0.3, 0.4) is 0 Å². The second-order valence-electron chi connectivity index (χ2n) is 22.5. The van der Waals surface area contributed by atoms with E-state index in [4.69, 9.17) is 4.42 Å². The highest BCUT2D eigenvalue weighted by Crippen LogP contribution is 2.61. The van der Waals surface area contributed by atoms with Crippen LogP contribution in [0.15, 0.2) is 177 Å². The minimum absolute atomic E-state index is 0.0683. The average molecular weight is 872 g/mol. The Hall–Kier alpha value is -6.26. The molecular weight excluding hydrogens is 812 g/mol. The molecule has 4 heteroatoms. The number of anilines is 2. The fraction of sp³-hybridized carbons (Fsp3) is 0.302. The molecule has 3 heterocycles. The third-order valence-corrected chi connectivity index (χ3v) is 17.4. The first-order chi connectivity index (χ1) is 32.4. The number of H-pyrrole nitrogens is 1. The van der Waals surface area contributed by atoms with E-state index >= 15 is 0 Å². The summed E-state index contributed by atoms with van der Waals surface area (Å²) in [5.41, 5.74) is 26.1. The van der Waals surface area contributed by atoms with Gasteiger partial charge in [0.25, 0.3) is 0 Å². The first-order valence-corrected chi connectivity index (χ1v) is 25.0. The first kappa shape index (κ1) is 41.0. The first-order valence-electron chi connectivity index (χ1n) is 25.0. The Labute approximate surface area is 397 Å². The van der Waals surface area contributed by atoms with Crippen LogP contribution in [-0.4, -0.2) is 18.3 Å². The molecule has 4 atom stereocenters. The Bertz CT molecular complexity index is 3320. The van der Waals surface area contributed by atoms with E-state index in [0.29, 0.717) is 5.92 Å². The van der Waals surface area contributed by atoms with Gasteiger partial charge in [-0.25, -0.2) is 0 Å². The van der Waals surface area contributed by atoms with Crippen molar-refractivity contribution in [1.29, 1.82) is 0 Å². The van der Waals surface area contributed by atoms with Crippen LogP contribution in [0.1, 0.15) is 120 Å². The van der Waals surface area contributed by atoms with Crippen molar-refractivity contribution in [3.05, 3.63) is 201 Å². The number of furan rings is 1. The average Bonchev–Trinajstić information content (AvgIpc) is 3.96. The molecule has 1 radical (unpaired) electrons. The van der Waals surface area contributed by atoms with Crippen molar-refractivity contribution in [3.63, 3.8) is 0 Å². The molecule has 1 aliphatic heterocycles. The third kappa shape index (κ3) is 6.03. The molecule has 6 aliphatic rings. The lowest BCUT2D eigenvalue weighted by Crippen LogP contribution is -2.43. The van der Waals surface area contributed by atoms with Gasteiger partial charge in [-0.2, -0.15) is 0 Å². The summed E-state index contributed by atoms with van der Waals surface area (Å²) in [6, 6.07) is 45.1. The summed E-state index contributed by atoms with van der Waals surface area (Å²) in [4.78, 5) is 6.69. The number of fused-ring (bicyclic) bond motifs is 11. The molecule has 331 valence electrons. The molecule has 67 heavy (non-hydrogen) atoms. The highest BCUT2D eigenvalue weighted by Gasteiger charge is 2.49. The minimum atomic E-state index is -0.158. The summed E-state index contributed by atoms with van der Waals surface area (Å²) >= 11 is 0. The van der Waals surface area contributed by atoms with Crippen molar-refractivity contribution in [2.45, 2.75) is 104 Å². The number of nitrogens with one attached hydrogen (secondary N) is 1. The zero-order valence-electron chi connectivity index (χ0n) is 40.1. The minimum Gasteiger partial charge on any atom is -0.454 e. The monoisotopic (exact) mass is 871 g/mol. The van der Waals surface area contributed by atoms with Gasteiger partial charge in [0.2, 0.25) is 0 Å². The molecule has 5 aromatic carbocycles. The number of hydrogen-bond acceptors (Lipinski definition) is 2. The lowest BCUT2D eigenvalue weighted by atomic mass is 9.45. The van der Waals surface area contributed by atoms with E-state index < -0.39 is 0 Å². The lowest BCUT2D eigenvalue weighted by molar-refractivity contribution is 0.247. The number of benzene rings is 5. The molecule has 1 N–H and O–H groups in total. The predicted octanol–water partition coefficient (Wildman–Crippen LogP) is 15.7. The summed E-state index contributed by atoms with van der Waals surface area (Å²) in [5, 5.41) is 1.15. The fourth-order valence-electron chi connectivity index (χ4n) is 14.0.